The molecular formula is C16H21NO4. The third-order valence-corrected chi connectivity index (χ3v) is 3.84. The van der Waals surface area contributed by atoms with E-state index >= 15 is 0 Å². The van der Waals surface area contributed by atoms with Gasteiger partial charge < -0.3 is 14.7 Å². The number of carbonyl (C=O) groups excluding carboxylic acids is 1. The Labute approximate surface area is 124 Å². The average molecular weight is 291 g/mol. The molecule has 1 saturated heterocycles. The summed E-state index contributed by atoms with van der Waals surface area (Å²) in [6.07, 6.45) is 1.59. The van der Waals surface area contributed by atoms with Crippen LogP contribution in [0.3, 0.4) is 0 Å². The van der Waals surface area contributed by atoms with Crippen LogP contribution in [0.25, 0.3) is 0 Å². The lowest BCUT2D eigenvalue weighted by atomic mass is 10.1. The summed E-state index contributed by atoms with van der Waals surface area (Å²) >= 11 is 0. The van der Waals surface area contributed by atoms with Crippen LogP contribution in [-0.2, 0) is 4.79 Å². The first-order chi connectivity index (χ1) is 10.0. The first-order valence-electron chi connectivity index (χ1n) is 7.30. The summed E-state index contributed by atoms with van der Waals surface area (Å²) in [4.78, 5) is 24.8. The van der Waals surface area contributed by atoms with Gasteiger partial charge in [-0.05, 0) is 44.0 Å². The van der Waals surface area contributed by atoms with Crippen LogP contribution in [0.2, 0.25) is 0 Å². The number of carbonyl (C=O) groups is 2. The van der Waals surface area contributed by atoms with Crippen LogP contribution in [-0.4, -0.2) is 41.1 Å². The van der Waals surface area contributed by atoms with Gasteiger partial charge in [0.25, 0.3) is 5.91 Å². The number of ether oxygens (including phenoxy) is 1. The number of amides is 1. The Morgan fingerprint density at radius 3 is 2.57 bits per heavy atom. The van der Waals surface area contributed by atoms with E-state index in [0.717, 1.165) is 12.2 Å². The lowest BCUT2D eigenvalue weighted by molar-refractivity contribution is -0.141. The number of aliphatic carboxylic acids is 1. The molecule has 0 bridgehead atoms. The number of rotatable bonds is 5. The van der Waals surface area contributed by atoms with Crippen molar-refractivity contribution in [2.24, 2.45) is 5.92 Å². The second kappa shape index (κ2) is 6.61. The molecule has 1 fully saturated rings. The summed E-state index contributed by atoms with van der Waals surface area (Å²) < 4.78 is 5.67. The van der Waals surface area contributed by atoms with E-state index in [1.807, 2.05) is 6.92 Å². The fourth-order valence-electron chi connectivity index (χ4n) is 2.32. The van der Waals surface area contributed by atoms with E-state index in [1.165, 1.54) is 0 Å². The molecule has 2 unspecified atom stereocenters. The van der Waals surface area contributed by atoms with Crippen molar-refractivity contribution in [2.75, 3.05) is 13.1 Å². The van der Waals surface area contributed by atoms with Crippen molar-refractivity contribution in [1.82, 2.24) is 4.90 Å². The molecule has 1 N–H and O–H groups in total. The molecular weight excluding hydrogens is 270 g/mol. The van der Waals surface area contributed by atoms with Gasteiger partial charge in [-0.1, -0.05) is 6.92 Å². The molecule has 1 aliphatic rings. The average Bonchev–Trinajstić information content (AvgIpc) is 2.97. The number of benzene rings is 1. The van der Waals surface area contributed by atoms with Gasteiger partial charge in [-0.3, -0.25) is 9.59 Å². The summed E-state index contributed by atoms with van der Waals surface area (Å²) in [6.45, 7) is 4.84. The Morgan fingerprint density at radius 2 is 2.05 bits per heavy atom. The highest BCUT2D eigenvalue weighted by Crippen LogP contribution is 2.21. The van der Waals surface area contributed by atoms with Gasteiger partial charge in [-0.15, -0.1) is 0 Å². The summed E-state index contributed by atoms with van der Waals surface area (Å²) in [5.41, 5.74) is 0.567. The Morgan fingerprint density at radius 1 is 1.38 bits per heavy atom. The smallest absolute Gasteiger partial charge is 0.308 e. The standard InChI is InChI=1S/C16H21NO4/c1-3-11(2)21-14-6-4-12(5-7-14)15(18)17-9-8-13(10-17)16(19)20/h4-7,11,13H,3,8-10H2,1-2H3,(H,19,20). The van der Waals surface area contributed by atoms with Crippen molar-refractivity contribution in [1.29, 1.82) is 0 Å². The first kappa shape index (κ1) is 15.4. The second-order valence-electron chi connectivity index (χ2n) is 5.44. The van der Waals surface area contributed by atoms with Crippen molar-refractivity contribution >= 4 is 11.9 Å². The van der Waals surface area contributed by atoms with Crippen molar-refractivity contribution in [3.05, 3.63) is 29.8 Å². The van der Waals surface area contributed by atoms with Crippen LogP contribution in [0.4, 0.5) is 0 Å². The van der Waals surface area contributed by atoms with Crippen molar-refractivity contribution in [3.63, 3.8) is 0 Å². The topological polar surface area (TPSA) is 66.8 Å². The zero-order chi connectivity index (χ0) is 15.4. The van der Waals surface area contributed by atoms with Gasteiger partial charge in [0.15, 0.2) is 0 Å². The molecule has 0 radical (unpaired) electrons. The summed E-state index contributed by atoms with van der Waals surface area (Å²) in [6, 6.07) is 7.02. The predicted octanol–water partition coefficient (Wildman–Crippen LogP) is 2.41. The normalized spacial score (nSPS) is 19.3. The number of nitrogens with zero attached hydrogens (tertiary/aromatic N) is 1. The molecule has 1 heterocycles. The second-order valence-corrected chi connectivity index (χ2v) is 5.44. The number of carboxylic acid groups (broad SMARTS) is 1. The maximum atomic E-state index is 12.3. The highest BCUT2D eigenvalue weighted by atomic mass is 16.5. The van der Waals surface area contributed by atoms with E-state index in [9.17, 15) is 9.59 Å². The lowest BCUT2D eigenvalue weighted by Gasteiger charge is -2.17. The molecule has 114 valence electrons. The number of hydrogen-bond acceptors (Lipinski definition) is 3. The van der Waals surface area contributed by atoms with Crippen LogP contribution < -0.4 is 4.74 Å². The van der Waals surface area contributed by atoms with Gasteiger partial charge in [-0.2, -0.15) is 0 Å². The summed E-state index contributed by atoms with van der Waals surface area (Å²) in [7, 11) is 0. The monoisotopic (exact) mass is 291 g/mol. The van der Waals surface area contributed by atoms with Crippen LogP contribution in [0, 0.1) is 5.92 Å². The molecule has 5 heteroatoms. The minimum absolute atomic E-state index is 0.117. The SMILES string of the molecule is CCC(C)Oc1ccc(C(=O)N2CCC(C(=O)O)C2)cc1. The fraction of sp³-hybridized carbons (Fsp3) is 0.500. The van der Waals surface area contributed by atoms with Gasteiger partial charge in [0.2, 0.25) is 0 Å². The van der Waals surface area contributed by atoms with E-state index in [4.69, 9.17) is 9.84 Å². The maximum absolute atomic E-state index is 12.3. The zero-order valence-electron chi connectivity index (χ0n) is 12.4. The maximum Gasteiger partial charge on any atom is 0.308 e. The molecule has 1 aliphatic heterocycles. The lowest BCUT2D eigenvalue weighted by Crippen LogP contribution is -2.29. The molecule has 0 aromatic heterocycles. The van der Waals surface area contributed by atoms with E-state index < -0.39 is 11.9 Å². The van der Waals surface area contributed by atoms with Crippen molar-refractivity contribution < 1.29 is 19.4 Å². The summed E-state index contributed by atoms with van der Waals surface area (Å²) in [5, 5.41) is 8.97. The fourth-order valence-corrected chi connectivity index (χ4v) is 2.32. The van der Waals surface area contributed by atoms with E-state index in [1.54, 1.807) is 29.2 Å². The highest BCUT2D eigenvalue weighted by Gasteiger charge is 2.31. The van der Waals surface area contributed by atoms with Gasteiger partial charge in [0, 0.05) is 18.7 Å². The Hall–Kier alpha value is -2.04. The van der Waals surface area contributed by atoms with Gasteiger partial charge in [0.05, 0.1) is 12.0 Å². The quantitative estimate of drug-likeness (QED) is 0.904. The van der Waals surface area contributed by atoms with Crippen molar-refractivity contribution in [2.45, 2.75) is 32.8 Å². The molecule has 2 rings (SSSR count). The first-order valence-corrected chi connectivity index (χ1v) is 7.30. The van der Waals surface area contributed by atoms with E-state index in [2.05, 4.69) is 6.92 Å². The van der Waals surface area contributed by atoms with Crippen LogP contribution in [0.1, 0.15) is 37.0 Å². The molecule has 21 heavy (non-hydrogen) atoms. The van der Waals surface area contributed by atoms with E-state index in [-0.39, 0.29) is 12.0 Å². The number of carboxylic acids is 1. The predicted molar refractivity (Wildman–Crippen MR) is 78.5 cm³/mol. The molecule has 1 aromatic carbocycles. The molecule has 1 amide bonds. The molecule has 0 spiro atoms. The Balaban J connectivity index is 1.99. The Bertz CT molecular complexity index is 512. The minimum Gasteiger partial charge on any atom is -0.491 e. The van der Waals surface area contributed by atoms with E-state index in [0.29, 0.717) is 25.1 Å². The third kappa shape index (κ3) is 3.74. The Kier molecular flexibility index (Phi) is 4.83. The molecule has 5 nitrogen and oxygen atoms in total. The minimum atomic E-state index is -0.831. The van der Waals surface area contributed by atoms with Crippen LogP contribution in [0.5, 0.6) is 5.75 Å². The molecule has 2 atom stereocenters. The largest absolute Gasteiger partial charge is 0.491 e. The van der Waals surface area contributed by atoms with Gasteiger partial charge in [-0.25, -0.2) is 0 Å². The van der Waals surface area contributed by atoms with Gasteiger partial charge in [0.1, 0.15) is 5.75 Å². The number of hydrogen-bond donors (Lipinski definition) is 1. The van der Waals surface area contributed by atoms with Crippen LogP contribution >= 0.6 is 0 Å². The van der Waals surface area contributed by atoms with Crippen molar-refractivity contribution in [3.8, 4) is 5.75 Å². The zero-order valence-corrected chi connectivity index (χ0v) is 12.4. The van der Waals surface area contributed by atoms with Gasteiger partial charge >= 0.3 is 5.97 Å². The third-order valence-electron chi connectivity index (χ3n) is 3.84. The molecule has 0 aliphatic carbocycles. The summed E-state index contributed by atoms with van der Waals surface area (Å²) in [5.74, 6) is -0.649. The molecule has 0 saturated carbocycles. The number of likely N-dealkylation sites (tertiary alicyclic amines) is 1. The molecule has 1 aromatic rings. The highest BCUT2D eigenvalue weighted by molar-refractivity contribution is 5.94. The van der Waals surface area contributed by atoms with Crippen LogP contribution in [0.15, 0.2) is 24.3 Å².